The Bertz CT molecular complexity index is 737. The summed E-state index contributed by atoms with van der Waals surface area (Å²) in [4.78, 5) is 48.3. The SMILES string of the molecule is COC(=O)C(C(=O)OC)[C@@H](C)[C@H](NC(=O)Cc1ccc(F)c(F)c1)C(=O)OC. The Morgan fingerprint density at radius 2 is 1.46 bits per heavy atom. The van der Waals surface area contributed by atoms with Gasteiger partial charge in [-0.25, -0.2) is 13.6 Å². The van der Waals surface area contributed by atoms with Crippen molar-refractivity contribution in [2.75, 3.05) is 21.3 Å². The lowest BCUT2D eigenvalue weighted by Gasteiger charge is -2.27. The minimum Gasteiger partial charge on any atom is -0.468 e. The maximum atomic E-state index is 13.3. The first-order valence-corrected chi connectivity index (χ1v) is 8.13. The Kier molecular flexibility index (Phi) is 8.49. The van der Waals surface area contributed by atoms with Crippen molar-refractivity contribution >= 4 is 23.8 Å². The molecule has 0 unspecified atom stereocenters. The van der Waals surface area contributed by atoms with Crippen LogP contribution in [0.5, 0.6) is 0 Å². The molecule has 0 aliphatic heterocycles. The molecule has 1 rings (SSSR count). The molecule has 0 spiro atoms. The molecule has 0 saturated heterocycles. The molecule has 0 aliphatic rings. The maximum absolute atomic E-state index is 13.3. The van der Waals surface area contributed by atoms with Crippen LogP contribution in [-0.2, 0) is 39.8 Å². The molecule has 2 atom stereocenters. The summed E-state index contributed by atoms with van der Waals surface area (Å²) in [5.41, 5.74) is 0.158. The van der Waals surface area contributed by atoms with Gasteiger partial charge in [-0.05, 0) is 17.7 Å². The summed E-state index contributed by atoms with van der Waals surface area (Å²) in [6.45, 7) is 1.36. The van der Waals surface area contributed by atoms with Gasteiger partial charge in [-0.15, -0.1) is 0 Å². The highest BCUT2D eigenvalue weighted by molar-refractivity contribution is 5.96. The summed E-state index contributed by atoms with van der Waals surface area (Å²) in [6.07, 6.45) is -0.376. The van der Waals surface area contributed by atoms with Crippen LogP contribution in [0.3, 0.4) is 0 Å². The van der Waals surface area contributed by atoms with E-state index in [-0.39, 0.29) is 12.0 Å². The van der Waals surface area contributed by atoms with Crippen LogP contribution in [-0.4, -0.2) is 51.2 Å². The van der Waals surface area contributed by atoms with E-state index in [9.17, 15) is 28.0 Å². The third kappa shape index (κ3) is 5.73. The number of methoxy groups -OCH3 is 3. The van der Waals surface area contributed by atoms with Crippen molar-refractivity contribution in [1.82, 2.24) is 5.32 Å². The molecule has 8 nitrogen and oxygen atoms in total. The fraction of sp³-hybridized carbons (Fsp3) is 0.444. The minimum absolute atomic E-state index is 0.158. The molecule has 0 bridgehead atoms. The summed E-state index contributed by atoms with van der Waals surface area (Å²) >= 11 is 0. The molecule has 154 valence electrons. The van der Waals surface area contributed by atoms with Crippen LogP contribution in [0.25, 0.3) is 0 Å². The highest BCUT2D eigenvalue weighted by Crippen LogP contribution is 2.21. The molecule has 0 radical (unpaired) electrons. The zero-order valence-corrected chi connectivity index (χ0v) is 15.8. The summed E-state index contributed by atoms with van der Waals surface area (Å²) in [5.74, 6) is -8.33. The standard InChI is InChI=1S/C18H21F2NO7/c1-9(14(16(23)26-2)17(24)27-3)15(18(25)28-4)21-13(22)8-10-5-6-11(19)12(20)7-10/h5-7,9,14-15H,8H2,1-4H3,(H,21,22)/t9-,15+/m1/s1. The first kappa shape index (κ1) is 23.0. The quantitative estimate of drug-likeness (QED) is 0.389. The zero-order valence-electron chi connectivity index (χ0n) is 15.8. The van der Waals surface area contributed by atoms with Crippen molar-refractivity contribution in [2.45, 2.75) is 19.4 Å². The van der Waals surface area contributed by atoms with Gasteiger partial charge < -0.3 is 19.5 Å². The number of benzene rings is 1. The van der Waals surface area contributed by atoms with Gasteiger partial charge in [0.05, 0.1) is 27.8 Å². The molecular weight excluding hydrogens is 380 g/mol. The zero-order chi connectivity index (χ0) is 21.4. The van der Waals surface area contributed by atoms with Crippen molar-refractivity contribution in [3.05, 3.63) is 35.4 Å². The average Bonchev–Trinajstić information content (AvgIpc) is 2.67. The number of amides is 1. The molecule has 1 aromatic rings. The Morgan fingerprint density at radius 1 is 0.929 bits per heavy atom. The van der Waals surface area contributed by atoms with E-state index in [4.69, 9.17) is 0 Å². The molecule has 0 fully saturated rings. The molecule has 1 N–H and O–H groups in total. The lowest BCUT2D eigenvalue weighted by atomic mass is 9.87. The Hall–Kier alpha value is -3.04. The number of hydrogen-bond acceptors (Lipinski definition) is 7. The number of nitrogens with one attached hydrogen (secondary N) is 1. The van der Waals surface area contributed by atoms with Crippen molar-refractivity contribution in [2.24, 2.45) is 11.8 Å². The molecule has 0 aliphatic carbocycles. The first-order valence-electron chi connectivity index (χ1n) is 8.13. The number of halogens is 2. The van der Waals surface area contributed by atoms with E-state index in [1.807, 2.05) is 0 Å². The second-order valence-electron chi connectivity index (χ2n) is 5.88. The summed E-state index contributed by atoms with van der Waals surface area (Å²) in [5, 5.41) is 2.34. The molecule has 1 amide bonds. The van der Waals surface area contributed by atoms with Crippen molar-refractivity contribution in [3.8, 4) is 0 Å². The second kappa shape index (κ2) is 10.3. The van der Waals surface area contributed by atoms with Gasteiger partial charge in [-0.2, -0.15) is 0 Å². The largest absolute Gasteiger partial charge is 0.468 e. The highest BCUT2D eigenvalue weighted by Gasteiger charge is 2.42. The van der Waals surface area contributed by atoms with Gasteiger partial charge >= 0.3 is 17.9 Å². The van der Waals surface area contributed by atoms with Crippen LogP contribution in [0, 0.1) is 23.5 Å². The number of carbonyl (C=O) groups is 4. The average molecular weight is 401 g/mol. The van der Waals surface area contributed by atoms with E-state index in [2.05, 4.69) is 19.5 Å². The van der Waals surface area contributed by atoms with Crippen LogP contribution >= 0.6 is 0 Å². The highest BCUT2D eigenvalue weighted by atomic mass is 19.2. The number of rotatable bonds is 8. The summed E-state index contributed by atoms with van der Waals surface area (Å²) < 4.78 is 40.0. The van der Waals surface area contributed by atoms with E-state index in [1.165, 1.54) is 13.0 Å². The maximum Gasteiger partial charge on any atom is 0.328 e. The molecule has 28 heavy (non-hydrogen) atoms. The molecule has 0 heterocycles. The fourth-order valence-electron chi connectivity index (χ4n) is 2.56. The van der Waals surface area contributed by atoms with Crippen molar-refractivity contribution < 1.29 is 42.2 Å². The normalized spacial score (nSPS) is 12.7. The third-order valence-electron chi connectivity index (χ3n) is 4.08. The van der Waals surface area contributed by atoms with Gasteiger partial charge in [-0.1, -0.05) is 13.0 Å². The van der Waals surface area contributed by atoms with Gasteiger partial charge in [0.15, 0.2) is 17.6 Å². The van der Waals surface area contributed by atoms with Crippen LogP contribution in [0.1, 0.15) is 12.5 Å². The monoisotopic (exact) mass is 401 g/mol. The lowest BCUT2D eigenvalue weighted by molar-refractivity contribution is -0.163. The fourth-order valence-corrected chi connectivity index (χ4v) is 2.56. The second-order valence-corrected chi connectivity index (χ2v) is 5.88. The van der Waals surface area contributed by atoms with Crippen LogP contribution < -0.4 is 5.32 Å². The Morgan fingerprint density at radius 3 is 1.93 bits per heavy atom. The van der Waals surface area contributed by atoms with Gasteiger partial charge in [0.25, 0.3) is 0 Å². The Labute approximate surface area is 160 Å². The lowest BCUT2D eigenvalue weighted by Crippen LogP contribution is -2.51. The van der Waals surface area contributed by atoms with E-state index in [1.54, 1.807) is 0 Å². The van der Waals surface area contributed by atoms with E-state index in [0.717, 1.165) is 33.5 Å². The van der Waals surface area contributed by atoms with Crippen LogP contribution in [0.15, 0.2) is 18.2 Å². The van der Waals surface area contributed by atoms with E-state index < -0.39 is 53.3 Å². The van der Waals surface area contributed by atoms with Gasteiger partial charge in [0.2, 0.25) is 5.91 Å². The Balaban J connectivity index is 3.04. The number of ether oxygens (including phenoxy) is 3. The summed E-state index contributed by atoms with van der Waals surface area (Å²) in [7, 11) is 3.18. The number of carbonyl (C=O) groups excluding carboxylic acids is 4. The van der Waals surface area contributed by atoms with Crippen LogP contribution in [0.4, 0.5) is 8.78 Å². The van der Waals surface area contributed by atoms with E-state index >= 15 is 0 Å². The van der Waals surface area contributed by atoms with Crippen molar-refractivity contribution in [1.29, 1.82) is 0 Å². The van der Waals surface area contributed by atoms with Gasteiger partial charge in [0.1, 0.15) is 6.04 Å². The van der Waals surface area contributed by atoms with Crippen molar-refractivity contribution in [3.63, 3.8) is 0 Å². The van der Waals surface area contributed by atoms with Gasteiger partial charge in [0, 0.05) is 5.92 Å². The predicted octanol–water partition coefficient (Wildman–Crippen LogP) is 0.763. The molecule has 0 saturated carbocycles. The third-order valence-corrected chi connectivity index (χ3v) is 4.08. The topological polar surface area (TPSA) is 108 Å². The summed E-state index contributed by atoms with van der Waals surface area (Å²) in [6, 6.07) is 1.52. The number of hydrogen-bond donors (Lipinski definition) is 1. The minimum atomic E-state index is -1.50. The molecule has 10 heteroatoms. The number of esters is 3. The predicted molar refractivity (Wildman–Crippen MR) is 90.7 cm³/mol. The molecule has 1 aromatic carbocycles. The first-order chi connectivity index (χ1) is 13.2. The smallest absolute Gasteiger partial charge is 0.328 e. The van der Waals surface area contributed by atoms with E-state index in [0.29, 0.717) is 0 Å². The van der Waals surface area contributed by atoms with Crippen LogP contribution in [0.2, 0.25) is 0 Å². The molecular formula is C18H21F2NO7. The van der Waals surface area contributed by atoms with Gasteiger partial charge in [-0.3, -0.25) is 14.4 Å². The molecule has 0 aromatic heterocycles.